The Hall–Kier alpha value is -1.80. The maximum absolute atomic E-state index is 11.4. The maximum atomic E-state index is 11.4. The number of H-pyrrole nitrogens is 1. The first-order valence-electron chi connectivity index (χ1n) is 7.00. The van der Waals surface area contributed by atoms with E-state index in [9.17, 15) is 9.90 Å². The maximum Gasteiger partial charge on any atom is 0.342 e. The summed E-state index contributed by atoms with van der Waals surface area (Å²) in [7, 11) is 0. The van der Waals surface area contributed by atoms with Gasteiger partial charge in [-0.05, 0) is 58.4 Å². The Kier molecular flexibility index (Phi) is 6.23. The van der Waals surface area contributed by atoms with Crippen molar-refractivity contribution >= 4 is 39.7 Å². The lowest BCUT2D eigenvalue weighted by molar-refractivity contribution is -0.131. The summed E-state index contributed by atoms with van der Waals surface area (Å²) in [5, 5.41) is 16.5. The molecule has 0 unspecified atom stereocenters. The molecule has 8 heteroatoms. The number of halogens is 1. The molecule has 122 valence electrons. The highest BCUT2D eigenvalue weighted by Crippen LogP contribution is 2.30. The van der Waals surface area contributed by atoms with Crippen molar-refractivity contribution in [3.05, 3.63) is 39.0 Å². The average molecular weight is 398 g/mol. The molecule has 2 aromatic rings. The van der Waals surface area contributed by atoms with Crippen LogP contribution in [0.4, 0.5) is 0 Å². The van der Waals surface area contributed by atoms with Gasteiger partial charge < -0.3 is 9.84 Å². The quantitative estimate of drug-likeness (QED) is 0.546. The molecule has 1 aromatic carbocycles. The summed E-state index contributed by atoms with van der Waals surface area (Å²) in [5.41, 5.74) is 0.747. The molecule has 23 heavy (non-hydrogen) atoms. The number of thioether (sulfide) groups is 1. The van der Waals surface area contributed by atoms with Gasteiger partial charge in [0.05, 0.1) is 11.1 Å². The monoisotopic (exact) mass is 397 g/mol. The number of ether oxygens (including phenoxy) is 1. The van der Waals surface area contributed by atoms with Crippen molar-refractivity contribution < 1.29 is 14.6 Å². The summed E-state index contributed by atoms with van der Waals surface area (Å²) in [5.74, 6) is 0.416. The van der Waals surface area contributed by atoms with Gasteiger partial charge in [0.25, 0.3) is 0 Å². The van der Waals surface area contributed by atoms with Crippen LogP contribution in [0.15, 0.2) is 32.7 Å². The van der Waals surface area contributed by atoms with Crippen molar-refractivity contribution in [2.24, 2.45) is 0 Å². The van der Waals surface area contributed by atoms with Gasteiger partial charge in [-0.15, -0.1) is 5.10 Å². The molecular formula is C15H16BrN3O3S. The van der Waals surface area contributed by atoms with Crippen LogP contribution in [0.25, 0.3) is 6.08 Å². The summed E-state index contributed by atoms with van der Waals surface area (Å²) >= 11 is 4.43. The van der Waals surface area contributed by atoms with Crippen molar-refractivity contribution in [3.63, 3.8) is 0 Å². The van der Waals surface area contributed by atoms with Gasteiger partial charge >= 0.3 is 5.97 Å². The van der Waals surface area contributed by atoms with Crippen LogP contribution in [-0.4, -0.2) is 32.9 Å². The number of nitrogens with one attached hydrogen (secondary N) is 1. The highest BCUT2D eigenvalue weighted by atomic mass is 79.9. The highest BCUT2D eigenvalue weighted by molar-refractivity contribution is 9.10. The van der Waals surface area contributed by atoms with Crippen LogP contribution >= 0.6 is 27.7 Å². The zero-order chi connectivity index (χ0) is 16.8. The Labute approximate surface area is 146 Å². The van der Waals surface area contributed by atoms with Crippen molar-refractivity contribution in [3.8, 4) is 5.75 Å². The summed E-state index contributed by atoms with van der Waals surface area (Å²) in [6, 6.07) is 5.41. The third kappa shape index (κ3) is 4.84. The van der Waals surface area contributed by atoms with E-state index in [2.05, 4.69) is 31.1 Å². The minimum absolute atomic E-state index is 0.141. The Morgan fingerprint density at radius 3 is 2.83 bits per heavy atom. The zero-order valence-corrected chi connectivity index (χ0v) is 15.1. The third-order valence-corrected chi connectivity index (χ3v) is 4.31. The number of aryl methyl sites for hydroxylation is 1. The normalized spacial score (nSPS) is 11.5. The predicted molar refractivity (Wildman–Crippen MR) is 92.5 cm³/mol. The molecule has 2 rings (SSSR count). The summed E-state index contributed by atoms with van der Waals surface area (Å²) < 4.78 is 6.21. The number of nitrogens with zero attached hydrogens (tertiary/aromatic N) is 2. The van der Waals surface area contributed by atoms with Gasteiger partial charge in [-0.3, -0.25) is 5.10 Å². The van der Waals surface area contributed by atoms with Crippen LogP contribution in [-0.2, 0) is 11.2 Å². The second-order valence-electron chi connectivity index (χ2n) is 4.46. The molecule has 0 amide bonds. The molecule has 0 aliphatic heterocycles. The molecule has 1 aromatic heterocycles. The fourth-order valence-electron chi connectivity index (χ4n) is 1.75. The van der Waals surface area contributed by atoms with Gasteiger partial charge in [-0.2, -0.15) is 0 Å². The van der Waals surface area contributed by atoms with E-state index >= 15 is 0 Å². The second-order valence-corrected chi connectivity index (χ2v) is 6.32. The van der Waals surface area contributed by atoms with Crippen LogP contribution in [0, 0.1) is 0 Å². The number of aliphatic carboxylic acids is 1. The number of aromatic nitrogens is 3. The van der Waals surface area contributed by atoms with Crippen LogP contribution in [0.1, 0.15) is 25.2 Å². The molecule has 0 spiro atoms. The Morgan fingerprint density at radius 2 is 2.26 bits per heavy atom. The lowest BCUT2D eigenvalue weighted by Gasteiger charge is -2.06. The number of carboxylic acids is 1. The van der Waals surface area contributed by atoms with E-state index in [1.165, 1.54) is 0 Å². The molecule has 0 aliphatic rings. The number of benzene rings is 1. The second kappa shape index (κ2) is 8.16. The zero-order valence-electron chi connectivity index (χ0n) is 12.7. The number of carbonyl (C=O) groups is 1. The van der Waals surface area contributed by atoms with E-state index in [1.54, 1.807) is 18.2 Å². The molecular weight excluding hydrogens is 382 g/mol. The van der Waals surface area contributed by atoms with Gasteiger partial charge in [0.2, 0.25) is 5.16 Å². The van der Waals surface area contributed by atoms with Crippen molar-refractivity contribution in [1.29, 1.82) is 0 Å². The number of carboxylic acid groups (broad SMARTS) is 1. The fourth-order valence-corrected chi connectivity index (χ4v) is 2.98. The molecule has 2 N–H and O–H groups in total. The van der Waals surface area contributed by atoms with E-state index in [0.29, 0.717) is 18.2 Å². The topological polar surface area (TPSA) is 88.1 Å². The van der Waals surface area contributed by atoms with Gasteiger partial charge in [0.1, 0.15) is 16.5 Å². The van der Waals surface area contributed by atoms with Crippen molar-refractivity contribution in [2.45, 2.75) is 25.4 Å². The lowest BCUT2D eigenvalue weighted by atomic mass is 10.2. The summed E-state index contributed by atoms with van der Waals surface area (Å²) in [6.07, 6.45) is 2.29. The first-order chi connectivity index (χ1) is 11.0. The SMILES string of the molecule is CCOc1ccc(/C=C(\Sc2n[nH]c(CC)n2)C(=O)O)cc1Br. The Bertz CT molecular complexity index is 731. The number of hydrogen-bond donors (Lipinski definition) is 2. The molecule has 1 heterocycles. The number of rotatable bonds is 7. The Balaban J connectivity index is 2.24. The first-order valence-corrected chi connectivity index (χ1v) is 8.60. The van der Waals surface area contributed by atoms with E-state index in [1.807, 2.05) is 19.9 Å². The van der Waals surface area contributed by atoms with Crippen LogP contribution in [0.5, 0.6) is 5.75 Å². The van der Waals surface area contributed by atoms with Gasteiger partial charge in [0, 0.05) is 6.42 Å². The standard InChI is InChI=1S/C15H16BrN3O3S/c1-3-13-17-15(19-18-13)23-12(14(20)21)8-9-5-6-11(22-4-2)10(16)7-9/h5-8H,3-4H2,1-2H3,(H,20,21)(H,17,18,19)/b12-8-. The number of aromatic amines is 1. The smallest absolute Gasteiger partial charge is 0.342 e. The molecule has 0 saturated heterocycles. The van der Waals surface area contributed by atoms with E-state index in [-0.39, 0.29) is 4.91 Å². The minimum Gasteiger partial charge on any atom is -0.493 e. The predicted octanol–water partition coefficient (Wildman–Crippen LogP) is 3.75. The van der Waals surface area contributed by atoms with Crippen LogP contribution in [0.3, 0.4) is 0 Å². The molecule has 6 nitrogen and oxygen atoms in total. The van der Waals surface area contributed by atoms with Crippen LogP contribution in [0.2, 0.25) is 0 Å². The van der Waals surface area contributed by atoms with E-state index in [0.717, 1.165) is 33.4 Å². The average Bonchev–Trinajstić information content (AvgIpc) is 2.97. The molecule has 0 fully saturated rings. The van der Waals surface area contributed by atoms with E-state index in [4.69, 9.17) is 4.74 Å². The van der Waals surface area contributed by atoms with Gasteiger partial charge in [-0.25, -0.2) is 9.78 Å². The molecule has 0 saturated carbocycles. The lowest BCUT2D eigenvalue weighted by Crippen LogP contribution is -1.97. The van der Waals surface area contributed by atoms with Crippen molar-refractivity contribution in [1.82, 2.24) is 15.2 Å². The fraction of sp³-hybridized carbons (Fsp3) is 0.267. The molecule has 0 bridgehead atoms. The molecule has 0 aliphatic carbocycles. The summed E-state index contributed by atoms with van der Waals surface area (Å²) in [6.45, 7) is 4.41. The third-order valence-electron chi connectivity index (χ3n) is 2.81. The Morgan fingerprint density at radius 1 is 1.48 bits per heavy atom. The highest BCUT2D eigenvalue weighted by Gasteiger charge is 2.14. The summed E-state index contributed by atoms with van der Waals surface area (Å²) in [4.78, 5) is 15.8. The van der Waals surface area contributed by atoms with Crippen LogP contribution < -0.4 is 4.74 Å². The molecule has 0 atom stereocenters. The molecule has 0 radical (unpaired) electrons. The minimum atomic E-state index is -1.03. The largest absolute Gasteiger partial charge is 0.493 e. The van der Waals surface area contributed by atoms with Crippen molar-refractivity contribution in [2.75, 3.05) is 6.61 Å². The van der Waals surface area contributed by atoms with E-state index < -0.39 is 5.97 Å². The van der Waals surface area contributed by atoms with Gasteiger partial charge in [0.15, 0.2) is 0 Å². The number of hydrogen-bond acceptors (Lipinski definition) is 5. The first kappa shape index (κ1) is 17.6. The van der Waals surface area contributed by atoms with Gasteiger partial charge in [-0.1, -0.05) is 13.0 Å².